The van der Waals surface area contributed by atoms with Crippen LogP contribution in [-0.2, 0) is 0 Å². The van der Waals surface area contributed by atoms with Crippen LogP contribution in [0.15, 0.2) is 53.7 Å². The van der Waals surface area contributed by atoms with Crippen molar-refractivity contribution in [2.45, 2.75) is 26.9 Å². The smallest absolute Gasteiger partial charge is 0.130 e. The number of amidine groups is 1. The van der Waals surface area contributed by atoms with Gasteiger partial charge in [0.1, 0.15) is 17.8 Å². The average molecular weight is 360 g/mol. The van der Waals surface area contributed by atoms with E-state index in [1.807, 2.05) is 50.2 Å². The topological polar surface area (TPSA) is 63.3 Å². The van der Waals surface area contributed by atoms with Gasteiger partial charge in [0.05, 0.1) is 5.69 Å². The molecule has 0 aliphatic carbocycles. The lowest BCUT2D eigenvalue weighted by Crippen LogP contribution is -2.27. The lowest BCUT2D eigenvalue weighted by atomic mass is 9.94. The van der Waals surface area contributed by atoms with Gasteiger partial charge >= 0.3 is 0 Å². The molecule has 0 saturated heterocycles. The Morgan fingerprint density at radius 2 is 1.81 bits per heavy atom. The van der Waals surface area contributed by atoms with E-state index < -0.39 is 0 Å². The van der Waals surface area contributed by atoms with Crippen LogP contribution in [0, 0.1) is 19.7 Å². The van der Waals surface area contributed by atoms with Crippen LogP contribution in [0.4, 0.5) is 10.1 Å². The number of nitrogens with two attached hydrogens (primary N) is 1. The van der Waals surface area contributed by atoms with E-state index in [0.29, 0.717) is 11.4 Å². The van der Waals surface area contributed by atoms with Crippen molar-refractivity contribution in [3.05, 3.63) is 71.2 Å². The molecule has 2 aromatic carbocycles. The van der Waals surface area contributed by atoms with Crippen molar-refractivity contribution >= 4 is 11.5 Å². The first-order valence-electron chi connectivity index (χ1n) is 8.91. The lowest BCUT2D eigenvalue weighted by Gasteiger charge is -2.22. The zero-order chi connectivity index (χ0) is 19.1. The van der Waals surface area contributed by atoms with Gasteiger partial charge in [-0.05, 0) is 61.7 Å². The molecule has 1 unspecified atom stereocenters. The first-order chi connectivity index (χ1) is 12.9. The second-order valence-electron chi connectivity index (χ2n) is 6.91. The molecule has 136 valence electrons. The summed E-state index contributed by atoms with van der Waals surface area (Å²) in [7, 11) is 0. The summed E-state index contributed by atoms with van der Waals surface area (Å²) in [6.45, 7) is 5.70. The van der Waals surface area contributed by atoms with Gasteiger partial charge in [0, 0.05) is 28.6 Å². The first kappa shape index (κ1) is 17.2. The van der Waals surface area contributed by atoms with Crippen molar-refractivity contribution in [3.8, 4) is 22.4 Å². The van der Waals surface area contributed by atoms with Crippen molar-refractivity contribution in [2.24, 2.45) is 10.7 Å². The maximum absolute atomic E-state index is 14.2. The molecule has 3 N–H and O–H groups in total. The molecule has 4 nitrogen and oxygen atoms in total. The van der Waals surface area contributed by atoms with Crippen molar-refractivity contribution in [1.29, 1.82) is 0 Å². The first-order valence-corrected chi connectivity index (χ1v) is 8.91. The monoisotopic (exact) mass is 360 g/mol. The van der Waals surface area contributed by atoms with Crippen LogP contribution in [0.25, 0.3) is 22.4 Å². The SMILES string of the molecule is Cc1cc(C)c(-c2ncccc2-c2ccc3c(c2)C(N)=NC(C)N3)cc1F. The van der Waals surface area contributed by atoms with Gasteiger partial charge in [-0.2, -0.15) is 0 Å². The molecule has 0 bridgehead atoms. The predicted molar refractivity (Wildman–Crippen MR) is 108 cm³/mol. The molecule has 4 rings (SSSR count). The van der Waals surface area contributed by atoms with Crippen LogP contribution in [0.2, 0.25) is 0 Å². The Bertz CT molecular complexity index is 1070. The molecule has 0 amide bonds. The number of nitrogens with zero attached hydrogens (tertiary/aromatic N) is 2. The van der Waals surface area contributed by atoms with Crippen LogP contribution < -0.4 is 11.1 Å². The molecule has 1 aromatic heterocycles. The molecular weight excluding hydrogens is 339 g/mol. The number of halogens is 1. The Morgan fingerprint density at radius 3 is 2.63 bits per heavy atom. The second kappa shape index (κ2) is 6.50. The molecule has 2 heterocycles. The predicted octanol–water partition coefficient (Wildman–Crippen LogP) is 4.65. The minimum Gasteiger partial charge on any atom is -0.383 e. The van der Waals surface area contributed by atoms with E-state index in [0.717, 1.165) is 39.2 Å². The third kappa shape index (κ3) is 3.05. The number of fused-ring (bicyclic) bond motifs is 1. The fraction of sp³-hybridized carbons (Fsp3) is 0.182. The van der Waals surface area contributed by atoms with E-state index in [2.05, 4.69) is 15.3 Å². The molecular formula is C22H21FN4. The minimum absolute atomic E-state index is 0.0458. The molecule has 1 aliphatic rings. The summed E-state index contributed by atoms with van der Waals surface area (Å²) in [5.41, 5.74) is 13.0. The van der Waals surface area contributed by atoms with Crippen LogP contribution in [0.3, 0.4) is 0 Å². The van der Waals surface area contributed by atoms with Crippen molar-refractivity contribution < 1.29 is 4.39 Å². The Kier molecular flexibility index (Phi) is 4.15. The van der Waals surface area contributed by atoms with Gasteiger partial charge < -0.3 is 11.1 Å². The second-order valence-corrected chi connectivity index (χ2v) is 6.91. The molecule has 1 atom stereocenters. The van der Waals surface area contributed by atoms with Gasteiger partial charge in [0.25, 0.3) is 0 Å². The van der Waals surface area contributed by atoms with Crippen LogP contribution in [0.5, 0.6) is 0 Å². The van der Waals surface area contributed by atoms with Gasteiger partial charge in [-0.15, -0.1) is 0 Å². The lowest BCUT2D eigenvalue weighted by molar-refractivity contribution is 0.618. The molecule has 0 saturated carbocycles. The fourth-order valence-electron chi connectivity index (χ4n) is 3.52. The van der Waals surface area contributed by atoms with E-state index in [4.69, 9.17) is 5.73 Å². The highest BCUT2D eigenvalue weighted by Gasteiger charge is 2.18. The van der Waals surface area contributed by atoms with E-state index in [1.54, 1.807) is 19.2 Å². The average Bonchev–Trinajstić information content (AvgIpc) is 2.64. The number of aryl methyl sites for hydroxylation is 2. The number of rotatable bonds is 2. The molecule has 3 aromatic rings. The van der Waals surface area contributed by atoms with E-state index in [-0.39, 0.29) is 12.0 Å². The molecule has 27 heavy (non-hydrogen) atoms. The highest BCUT2D eigenvalue weighted by molar-refractivity contribution is 6.05. The summed E-state index contributed by atoms with van der Waals surface area (Å²) in [5.74, 6) is 0.285. The summed E-state index contributed by atoms with van der Waals surface area (Å²) < 4.78 is 14.2. The Morgan fingerprint density at radius 1 is 1.00 bits per heavy atom. The summed E-state index contributed by atoms with van der Waals surface area (Å²) in [6, 6.07) is 13.3. The van der Waals surface area contributed by atoms with Gasteiger partial charge in [-0.1, -0.05) is 18.2 Å². The molecule has 5 heteroatoms. The number of hydrogen-bond donors (Lipinski definition) is 2. The standard InChI is InChI=1S/C22H21FN4/c1-12-9-13(2)19(23)11-17(12)21-16(5-4-8-25-21)15-6-7-20-18(10-15)22(24)27-14(3)26-20/h4-11,14,26H,1-3H3,(H2,24,27). The number of aliphatic imine (C=N–C) groups is 1. The molecule has 0 fully saturated rings. The summed E-state index contributed by atoms with van der Waals surface area (Å²) in [4.78, 5) is 8.95. The van der Waals surface area contributed by atoms with Gasteiger partial charge in [0.2, 0.25) is 0 Å². The summed E-state index contributed by atoms with van der Waals surface area (Å²) in [5, 5.41) is 3.31. The van der Waals surface area contributed by atoms with Gasteiger partial charge in [0.15, 0.2) is 0 Å². The number of nitrogens with one attached hydrogen (secondary N) is 1. The Labute approximate surface area is 158 Å². The van der Waals surface area contributed by atoms with Crippen LogP contribution in [-0.4, -0.2) is 17.0 Å². The van der Waals surface area contributed by atoms with Crippen LogP contribution in [0.1, 0.15) is 23.6 Å². The van der Waals surface area contributed by atoms with E-state index >= 15 is 0 Å². The number of aromatic nitrogens is 1. The molecule has 1 aliphatic heterocycles. The zero-order valence-electron chi connectivity index (χ0n) is 15.5. The number of benzene rings is 2. The van der Waals surface area contributed by atoms with Gasteiger partial charge in [-0.3, -0.25) is 4.98 Å². The Hall–Kier alpha value is -3.21. The third-order valence-corrected chi connectivity index (χ3v) is 4.87. The van der Waals surface area contributed by atoms with Crippen LogP contribution >= 0.6 is 0 Å². The third-order valence-electron chi connectivity index (χ3n) is 4.87. The summed E-state index contributed by atoms with van der Waals surface area (Å²) in [6.07, 6.45) is 1.68. The van der Waals surface area contributed by atoms with E-state index in [9.17, 15) is 4.39 Å². The highest BCUT2D eigenvalue weighted by Crippen LogP contribution is 2.35. The molecule has 0 spiro atoms. The number of anilines is 1. The summed E-state index contributed by atoms with van der Waals surface area (Å²) >= 11 is 0. The minimum atomic E-state index is -0.229. The quantitative estimate of drug-likeness (QED) is 0.699. The Balaban J connectivity index is 1.88. The van der Waals surface area contributed by atoms with Gasteiger partial charge in [-0.25, -0.2) is 9.38 Å². The van der Waals surface area contributed by atoms with Crippen molar-refractivity contribution in [3.63, 3.8) is 0 Å². The van der Waals surface area contributed by atoms with Crippen molar-refractivity contribution in [1.82, 2.24) is 4.98 Å². The number of pyridine rings is 1. The fourth-order valence-corrected chi connectivity index (χ4v) is 3.52. The maximum Gasteiger partial charge on any atom is 0.130 e. The molecule has 0 radical (unpaired) electrons. The zero-order valence-corrected chi connectivity index (χ0v) is 15.5. The number of hydrogen-bond acceptors (Lipinski definition) is 4. The van der Waals surface area contributed by atoms with Crippen molar-refractivity contribution in [2.75, 3.05) is 5.32 Å². The largest absolute Gasteiger partial charge is 0.383 e. The van der Waals surface area contributed by atoms with E-state index in [1.165, 1.54) is 0 Å². The maximum atomic E-state index is 14.2. The highest BCUT2D eigenvalue weighted by atomic mass is 19.1. The normalized spacial score (nSPS) is 15.7.